The van der Waals surface area contributed by atoms with Crippen molar-refractivity contribution in [2.45, 2.75) is 51.7 Å². The van der Waals surface area contributed by atoms with E-state index in [-0.39, 0.29) is 17.5 Å². The summed E-state index contributed by atoms with van der Waals surface area (Å²) in [6, 6.07) is 6.06. The smallest absolute Gasteiger partial charge is 0.253 e. The Balaban J connectivity index is 1.61. The monoisotopic (exact) mass is 401 g/mol. The quantitative estimate of drug-likeness (QED) is 0.584. The van der Waals surface area contributed by atoms with Crippen LogP contribution < -0.4 is 5.32 Å². The predicted octanol–water partition coefficient (Wildman–Crippen LogP) is 3.63. The van der Waals surface area contributed by atoms with Gasteiger partial charge in [-0.1, -0.05) is 37.2 Å². The first-order valence-corrected chi connectivity index (χ1v) is 10.3. The molecule has 0 aliphatic heterocycles. The fourth-order valence-corrected chi connectivity index (χ4v) is 3.60. The average Bonchev–Trinajstić information content (AvgIpc) is 3.09. The number of rotatable bonds is 8. The highest BCUT2D eigenvalue weighted by Gasteiger charge is 2.14. The molecule has 3 aromatic rings. The fraction of sp³-hybridized carbons (Fsp3) is 0.400. The van der Waals surface area contributed by atoms with Crippen LogP contribution in [0.15, 0.2) is 29.4 Å². The second kappa shape index (κ2) is 9.14. The zero-order valence-corrected chi connectivity index (χ0v) is 17.1. The van der Waals surface area contributed by atoms with Crippen LogP contribution >= 0.6 is 11.8 Å². The van der Waals surface area contributed by atoms with E-state index in [2.05, 4.69) is 27.3 Å². The van der Waals surface area contributed by atoms with Gasteiger partial charge in [0, 0.05) is 17.9 Å². The number of aromatic nitrogens is 4. The molecule has 0 atom stereocenters. The number of aryl methyl sites for hydroxylation is 2. The Kier molecular flexibility index (Phi) is 6.61. The molecule has 0 aliphatic carbocycles. The minimum absolute atomic E-state index is 0.127. The maximum atomic E-state index is 12.9. The highest BCUT2D eigenvalue weighted by molar-refractivity contribution is 7.99. The molecule has 0 saturated heterocycles. The molecule has 148 valence electrons. The highest BCUT2D eigenvalue weighted by atomic mass is 32.2. The molecule has 1 amide bonds. The molecule has 0 spiro atoms. The van der Waals surface area contributed by atoms with E-state index in [1.165, 1.54) is 29.5 Å². The number of nitrogens with one attached hydrogen (secondary N) is 1. The predicted molar refractivity (Wildman–Crippen MR) is 108 cm³/mol. The molecule has 28 heavy (non-hydrogen) atoms. The van der Waals surface area contributed by atoms with Gasteiger partial charge in [0.1, 0.15) is 5.82 Å². The minimum atomic E-state index is -0.291. The van der Waals surface area contributed by atoms with E-state index in [1.54, 1.807) is 16.6 Å². The van der Waals surface area contributed by atoms with E-state index in [0.29, 0.717) is 17.5 Å². The summed E-state index contributed by atoms with van der Waals surface area (Å²) >= 11 is 1.28. The lowest BCUT2D eigenvalue weighted by molar-refractivity contribution is -0.118. The molecule has 0 aliphatic rings. The summed E-state index contributed by atoms with van der Waals surface area (Å²) in [6.45, 7) is 6.56. The van der Waals surface area contributed by atoms with E-state index in [4.69, 9.17) is 0 Å². The summed E-state index contributed by atoms with van der Waals surface area (Å²) in [6.07, 6.45) is 3.22. The summed E-state index contributed by atoms with van der Waals surface area (Å²) in [7, 11) is 0. The van der Waals surface area contributed by atoms with E-state index in [1.807, 2.05) is 13.8 Å². The molecule has 8 heteroatoms. The summed E-state index contributed by atoms with van der Waals surface area (Å²) in [5.41, 5.74) is 4.10. The maximum Gasteiger partial charge on any atom is 0.253 e. The van der Waals surface area contributed by atoms with Crippen LogP contribution in [-0.2, 0) is 17.8 Å². The van der Waals surface area contributed by atoms with Gasteiger partial charge in [-0.2, -0.15) is 4.98 Å². The molecular formula is C20H24FN5OS. The number of fused-ring (bicyclic) bond motifs is 1. The van der Waals surface area contributed by atoms with Crippen LogP contribution in [0.2, 0.25) is 0 Å². The van der Waals surface area contributed by atoms with Crippen LogP contribution in [-0.4, -0.2) is 31.2 Å². The van der Waals surface area contributed by atoms with E-state index in [9.17, 15) is 9.18 Å². The third kappa shape index (κ3) is 4.86. The van der Waals surface area contributed by atoms with Crippen molar-refractivity contribution in [2.75, 3.05) is 5.75 Å². The first-order valence-electron chi connectivity index (χ1n) is 9.34. The van der Waals surface area contributed by atoms with Gasteiger partial charge < -0.3 is 5.32 Å². The summed E-state index contributed by atoms with van der Waals surface area (Å²) in [5, 5.41) is 7.85. The van der Waals surface area contributed by atoms with Crippen molar-refractivity contribution in [3.8, 4) is 0 Å². The molecule has 0 radical (unpaired) electrons. The standard InChI is InChI=1S/C20H24FN5OS/c1-4-5-6-17-13(2)23-19-24-20(25-26(19)14(17)3)28-12-18(27)22-11-15-7-9-16(21)10-8-15/h7-10H,4-6,11-12H2,1-3H3,(H,22,27). The molecule has 3 rings (SSSR count). The molecule has 1 N–H and O–H groups in total. The van der Waals surface area contributed by atoms with Crippen LogP contribution in [0.4, 0.5) is 4.39 Å². The molecule has 0 fully saturated rings. The van der Waals surface area contributed by atoms with Gasteiger partial charge >= 0.3 is 0 Å². The molecule has 6 nitrogen and oxygen atoms in total. The topological polar surface area (TPSA) is 72.2 Å². The van der Waals surface area contributed by atoms with Gasteiger partial charge in [-0.3, -0.25) is 4.79 Å². The van der Waals surface area contributed by atoms with Crippen LogP contribution in [0, 0.1) is 19.7 Å². The number of benzene rings is 1. The van der Waals surface area contributed by atoms with Crippen LogP contribution in [0.1, 0.15) is 42.3 Å². The molecule has 0 saturated carbocycles. The zero-order valence-electron chi connectivity index (χ0n) is 16.3. The summed E-state index contributed by atoms with van der Waals surface area (Å²) in [4.78, 5) is 21.1. The normalized spacial score (nSPS) is 11.1. The highest BCUT2D eigenvalue weighted by Crippen LogP contribution is 2.19. The first kappa shape index (κ1) is 20.3. The third-order valence-electron chi connectivity index (χ3n) is 4.55. The van der Waals surface area contributed by atoms with Gasteiger partial charge in [0.05, 0.1) is 5.75 Å². The molecule has 0 bridgehead atoms. The van der Waals surface area contributed by atoms with Crippen molar-refractivity contribution in [2.24, 2.45) is 0 Å². The largest absolute Gasteiger partial charge is 0.351 e. The number of hydrogen-bond donors (Lipinski definition) is 1. The van der Waals surface area contributed by atoms with Gasteiger partial charge in [0.2, 0.25) is 11.1 Å². The van der Waals surface area contributed by atoms with Crippen molar-refractivity contribution in [3.05, 3.63) is 52.6 Å². The van der Waals surface area contributed by atoms with Crippen molar-refractivity contribution in [1.82, 2.24) is 24.9 Å². The second-order valence-corrected chi connectivity index (χ2v) is 7.61. The summed E-state index contributed by atoms with van der Waals surface area (Å²) in [5.74, 6) is 0.349. The molecule has 2 heterocycles. The van der Waals surface area contributed by atoms with Crippen molar-refractivity contribution in [3.63, 3.8) is 0 Å². The lowest BCUT2D eigenvalue weighted by atomic mass is 10.1. The Hall–Kier alpha value is -2.48. The SMILES string of the molecule is CCCCc1c(C)nc2nc(SCC(=O)NCc3ccc(F)cc3)nn2c1C. The zero-order chi connectivity index (χ0) is 20.1. The molecule has 2 aromatic heterocycles. The first-order chi connectivity index (χ1) is 13.5. The Morgan fingerprint density at radius 3 is 2.68 bits per heavy atom. The maximum absolute atomic E-state index is 12.9. The molecule has 1 aromatic carbocycles. The number of nitrogens with zero attached hydrogens (tertiary/aromatic N) is 4. The van der Waals surface area contributed by atoms with E-state index >= 15 is 0 Å². The van der Waals surface area contributed by atoms with E-state index < -0.39 is 0 Å². The van der Waals surface area contributed by atoms with Crippen LogP contribution in [0.3, 0.4) is 0 Å². The number of thioether (sulfide) groups is 1. The summed E-state index contributed by atoms with van der Waals surface area (Å²) < 4.78 is 14.7. The van der Waals surface area contributed by atoms with Gasteiger partial charge in [-0.05, 0) is 49.9 Å². The number of unbranched alkanes of at least 4 members (excludes halogenated alkanes) is 1. The van der Waals surface area contributed by atoms with Gasteiger partial charge in [0.15, 0.2) is 0 Å². The lowest BCUT2D eigenvalue weighted by Crippen LogP contribution is -2.24. The number of amides is 1. The third-order valence-corrected chi connectivity index (χ3v) is 5.38. The Morgan fingerprint density at radius 1 is 1.21 bits per heavy atom. The average molecular weight is 402 g/mol. The van der Waals surface area contributed by atoms with Crippen molar-refractivity contribution >= 4 is 23.4 Å². The Morgan fingerprint density at radius 2 is 1.96 bits per heavy atom. The number of halogens is 1. The van der Waals surface area contributed by atoms with E-state index in [0.717, 1.165) is 36.2 Å². The second-order valence-electron chi connectivity index (χ2n) is 6.66. The van der Waals surface area contributed by atoms with Crippen molar-refractivity contribution < 1.29 is 9.18 Å². The van der Waals surface area contributed by atoms with Crippen LogP contribution in [0.5, 0.6) is 0 Å². The van der Waals surface area contributed by atoms with Crippen LogP contribution in [0.25, 0.3) is 5.78 Å². The van der Waals surface area contributed by atoms with Gasteiger partial charge in [-0.25, -0.2) is 13.9 Å². The molecule has 0 unspecified atom stereocenters. The number of hydrogen-bond acceptors (Lipinski definition) is 5. The van der Waals surface area contributed by atoms with Gasteiger partial charge in [0.25, 0.3) is 5.78 Å². The Labute approximate surface area is 168 Å². The van der Waals surface area contributed by atoms with Crippen molar-refractivity contribution in [1.29, 1.82) is 0 Å². The minimum Gasteiger partial charge on any atom is -0.351 e. The Bertz CT molecular complexity index is 971. The fourth-order valence-electron chi connectivity index (χ4n) is 2.95. The lowest BCUT2D eigenvalue weighted by Gasteiger charge is -2.09. The molecular weight excluding hydrogens is 377 g/mol. The number of carbonyl (C=O) groups is 1. The number of carbonyl (C=O) groups excluding carboxylic acids is 1. The van der Waals surface area contributed by atoms with Gasteiger partial charge in [-0.15, -0.1) is 5.10 Å².